The first-order valence-electron chi connectivity index (χ1n) is 10.4. The number of nitrogens with one attached hydrogen (secondary N) is 1. The van der Waals surface area contributed by atoms with Crippen LogP contribution in [0.1, 0.15) is 24.7 Å². The van der Waals surface area contributed by atoms with Crippen LogP contribution in [0.5, 0.6) is 5.75 Å². The van der Waals surface area contributed by atoms with Gasteiger partial charge in [0.2, 0.25) is 17.6 Å². The van der Waals surface area contributed by atoms with Crippen LogP contribution in [-0.2, 0) is 4.79 Å². The predicted octanol–water partition coefficient (Wildman–Crippen LogP) is 3.25. The molecule has 0 radical (unpaired) electrons. The lowest BCUT2D eigenvalue weighted by atomic mass is 9.98. The summed E-state index contributed by atoms with van der Waals surface area (Å²) in [6.45, 7) is 2.73. The van der Waals surface area contributed by atoms with Gasteiger partial charge < -0.3 is 14.6 Å². The predicted molar refractivity (Wildman–Crippen MR) is 113 cm³/mol. The fourth-order valence-electron chi connectivity index (χ4n) is 3.65. The first-order valence-corrected chi connectivity index (χ1v) is 10.4. The van der Waals surface area contributed by atoms with E-state index in [0.717, 1.165) is 25.1 Å². The minimum Gasteiger partial charge on any atom is -0.492 e. The minimum absolute atomic E-state index is 0.0326. The number of carbonyl (C=O) groups excluding carboxylic acids is 1. The number of ether oxygens (including phenoxy) is 1. The van der Waals surface area contributed by atoms with Crippen LogP contribution < -0.4 is 10.1 Å². The quantitative estimate of drug-likeness (QED) is 0.559. The summed E-state index contributed by atoms with van der Waals surface area (Å²) in [4.78, 5) is 18.9. The molecule has 0 spiro atoms. The van der Waals surface area contributed by atoms with Gasteiger partial charge in [0.1, 0.15) is 18.2 Å². The van der Waals surface area contributed by atoms with Gasteiger partial charge in [0.25, 0.3) is 0 Å². The van der Waals surface area contributed by atoms with Gasteiger partial charge in [-0.3, -0.25) is 9.69 Å². The van der Waals surface area contributed by atoms with E-state index < -0.39 is 0 Å². The maximum absolute atomic E-state index is 13.1. The Labute approximate surface area is 180 Å². The number of para-hydroxylation sites is 1. The molecule has 0 aliphatic carbocycles. The number of halogens is 1. The number of amides is 1. The number of hydrogen-bond acceptors (Lipinski definition) is 6. The van der Waals surface area contributed by atoms with Gasteiger partial charge in [-0.05, 0) is 55.8 Å². The first-order chi connectivity index (χ1) is 15.2. The smallest absolute Gasteiger partial charge is 0.234 e. The molecule has 0 saturated carbocycles. The molecule has 1 aliphatic rings. The van der Waals surface area contributed by atoms with E-state index in [4.69, 9.17) is 9.26 Å². The number of rotatable bonds is 8. The second kappa shape index (κ2) is 10.2. The van der Waals surface area contributed by atoms with Crippen LogP contribution in [0.3, 0.4) is 0 Å². The van der Waals surface area contributed by atoms with Crippen LogP contribution >= 0.6 is 0 Å². The van der Waals surface area contributed by atoms with E-state index in [9.17, 15) is 9.18 Å². The summed E-state index contributed by atoms with van der Waals surface area (Å²) in [5, 5.41) is 6.93. The van der Waals surface area contributed by atoms with Crippen LogP contribution in [-0.4, -0.2) is 53.7 Å². The normalized spacial score (nSPS) is 16.7. The van der Waals surface area contributed by atoms with E-state index in [1.165, 1.54) is 12.1 Å². The number of carbonyl (C=O) groups is 1. The van der Waals surface area contributed by atoms with Gasteiger partial charge in [0, 0.05) is 12.1 Å². The van der Waals surface area contributed by atoms with Gasteiger partial charge in [0.05, 0.1) is 19.0 Å². The lowest BCUT2D eigenvalue weighted by molar-refractivity contribution is -0.122. The molecule has 1 unspecified atom stereocenters. The third kappa shape index (κ3) is 5.88. The van der Waals surface area contributed by atoms with Crippen molar-refractivity contribution in [3.63, 3.8) is 0 Å². The van der Waals surface area contributed by atoms with Gasteiger partial charge in [-0.15, -0.1) is 0 Å². The number of piperidine rings is 1. The molecule has 2 heterocycles. The molecule has 1 N–H and O–H groups in total. The first kappa shape index (κ1) is 21.0. The summed E-state index contributed by atoms with van der Waals surface area (Å²) >= 11 is 0. The summed E-state index contributed by atoms with van der Waals surface area (Å²) in [6.07, 6.45) is 1.87. The van der Waals surface area contributed by atoms with Gasteiger partial charge >= 0.3 is 0 Å². The van der Waals surface area contributed by atoms with Crippen LogP contribution in [0.25, 0.3) is 11.4 Å². The Balaban J connectivity index is 1.24. The lowest BCUT2D eigenvalue weighted by Gasteiger charge is -2.30. The molecule has 1 aromatic heterocycles. The molecule has 0 bridgehead atoms. The van der Waals surface area contributed by atoms with Crippen LogP contribution in [0.2, 0.25) is 0 Å². The standard InChI is InChI=1S/C23H25FN4O3/c24-19-10-8-17(9-11-19)22-26-23(31-27-22)18-5-4-13-28(15-18)16-21(29)25-12-14-30-20-6-2-1-3-7-20/h1-3,6-11,18H,4-5,12-16H2,(H,25,29). The summed E-state index contributed by atoms with van der Waals surface area (Å²) in [7, 11) is 0. The topological polar surface area (TPSA) is 80.5 Å². The zero-order valence-corrected chi connectivity index (χ0v) is 17.2. The monoisotopic (exact) mass is 424 g/mol. The average molecular weight is 424 g/mol. The highest BCUT2D eigenvalue weighted by molar-refractivity contribution is 5.78. The molecule has 2 aromatic carbocycles. The number of likely N-dealkylation sites (tertiary alicyclic amines) is 1. The molecular weight excluding hydrogens is 399 g/mol. The highest BCUT2D eigenvalue weighted by Crippen LogP contribution is 2.27. The second-order valence-corrected chi connectivity index (χ2v) is 7.55. The average Bonchev–Trinajstić information content (AvgIpc) is 3.29. The molecule has 1 atom stereocenters. The Hall–Kier alpha value is -3.26. The lowest BCUT2D eigenvalue weighted by Crippen LogP contribution is -2.42. The Kier molecular flexibility index (Phi) is 6.89. The summed E-state index contributed by atoms with van der Waals surface area (Å²) < 4.78 is 24.2. The molecule has 3 aromatic rings. The van der Waals surface area contributed by atoms with Gasteiger partial charge in [-0.1, -0.05) is 23.4 Å². The highest BCUT2D eigenvalue weighted by atomic mass is 19.1. The molecular formula is C23H25FN4O3. The zero-order valence-electron chi connectivity index (χ0n) is 17.2. The Bertz CT molecular complexity index is 978. The maximum Gasteiger partial charge on any atom is 0.234 e. The number of aromatic nitrogens is 2. The van der Waals surface area contributed by atoms with Gasteiger partial charge in [-0.25, -0.2) is 4.39 Å². The van der Waals surface area contributed by atoms with E-state index in [0.29, 0.717) is 43.5 Å². The molecule has 1 fully saturated rings. The summed E-state index contributed by atoms with van der Waals surface area (Å²) in [6, 6.07) is 15.5. The third-order valence-corrected chi connectivity index (χ3v) is 5.20. The summed E-state index contributed by atoms with van der Waals surface area (Å²) in [5.74, 6) is 1.53. The van der Waals surface area contributed by atoms with Crippen molar-refractivity contribution in [2.75, 3.05) is 32.8 Å². The number of benzene rings is 2. The van der Waals surface area contributed by atoms with E-state index in [1.54, 1.807) is 12.1 Å². The largest absolute Gasteiger partial charge is 0.492 e. The second-order valence-electron chi connectivity index (χ2n) is 7.55. The van der Waals surface area contributed by atoms with Crippen molar-refractivity contribution < 1.29 is 18.4 Å². The molecule has 4 rings (SSSR count). The van der Waals surface area contributed by atoms with Gasteiger partial charge in [-0.2, -0.15) is 4.98 Å². The SMILES string of the molecule is O=C(CN1CCCC(c2nc(-c3ccc(F)cc3)no2)C1)NCCOc1ccccc1. The van der Waals surface area contributed by atoms with Crippen LogP contribution in [0, 0.1) is 5.82 Å². The molecule has 162 valence electrons. The van der Waals surface area contributed by atoms with Crippen molar-refractivity contribution in [3.8, 4) is 17.1 Å². The van der Waals surface area contributed by atoms with Crippen LogP contribution in [0.15, 0.2) is 59.1 Å². The zero-order chi connectivity index (χ0) is 21.5. The fraction of sp³-hybridized carbons (Fsp3) is 0.348. The van der Waals surface area contributed by atoms with Crippen molar-refractivity contribution >= 4 is 5.91 Å². The van der Waals surface area contributed by atoms with E-state index in [1.807, 2.05) is 30.3 Å². The van der Waals surface area contributed by atoms with E-state index in [2.05, 4.69) is 20.4 Å². The molecule has 7 nitrogen and oxygen atoms in total. The van der Waals surface area contributed by atoms with E-state index in [-0.39, 0.29) is 17.6 Å². The number of hydrogen-bond donors (Lipinski definition) is 1. The fourth-order valence-corrected chi connectivity index (χ4v) is 3.65. The van der Waals surface area contributed by atoms with Crippen molar-refractivity contribution in [2.45, 2.75) is 18.8 Å². The Morgan fingerprint density at radius 1 is 1.19 bits per heavy atom. The molecule has 31 heavy (non-hydrogen) atoms. The molecule has 1 amide bonds. The molecule has 1 saturated heterocycles. The van der Waals surface area contributed by atoms with Gasteiger partial charge in [0.15, 0.2) is 0 Å². The molecule has 1 aliphatic heterocycles. The van der Waals surface area contributed by atoms with Crippen molar-refractivity contribution in [2.24, 2.45) is 0 Å². The summed E-state index contributed by atoms with van der Waals surface area (Å²) in [5.41, 5.74) is 0.709. The molecule has 8 heteroatoms. The Morgan fingerprint density at radius 3 is 2.81 bits per heavy atom. The third-order valence-electron chi connectivity index (χ3n) is 5.20. The van der Waals surface area contributed by atoms with Crippen molar-refractivity contribution in [3.05, 3.63) is 66.3 Å². The van der Waals surface area contributed by atoms with Crippen molar-refractivity contribution in [1.29, 1.82) is 0 Å². The maximum atomic E-state index is 13.1. The van der Waals surface area contributed by atoms with Crippen molar-refractivity contribution in [1.82, 2.24) is 20.4 Å². The van der Waals surface area contributed by atoms with Crippen LogP contribution in [0.4, 0.5) is 4.39 Å². The highest BCUT2D eigenvalue weighted by Gasteiger charge is 2.27. The van der Waals surface area contributed by atoms with E-state index >= 15 is 0 Å². The Morgan fingerprint density at radius 2 is 2.00 bits per heavy atom. The minimum atomic E-state index is -0.305. The number of nitrogens with zero attached hydrogens (tertiary/aromatic N) is 3.